The third kappa shape index (κ3) is 4.87. The Hall–Kier alpha value is -1.31. The van der Waals surface area contributed by atoms with Gasteiger partial charge < -0.3 is 15.5 Å². The van der Waals surface area contributed by atoms with Crippen molar-refractivity contribution in [1.29, 1.82) is 0 Å². The summed E-state index contributed by atoms with van der Waals surface area (Å²) in [5.74, 6) is 1.02. The summed E-state index contributed by atoms with van der Waals surface area (Å²) in [4.78, 5) is 17.8. The Morgan fingerprint density at radius 1 is 1.33 bits per heavy atom. The largest absolute Gasteiger partial charge is 0.359 e. The summed E-state index contributed by atoms with van der Waals surface area (Å²) >= 11 is 0. The molecule has 0 saturated carbocycles. The number of halogens is 1. The van der Waals surface area contributed by atoms with Crippen molar-refractivity contribution in [2.24, 2.45) is 4.99 Å². The molecular formula is C15H23IN4O. The van der Waals surface area contributed by atoms with Gasteiger partial charge in [0, 0.05) is 40.2 Å². The molecule has 2 N–H and O–H groups in total. The molecule has 1 fully saturated rings. The van der Waals surface area contributed by atoms with Crippen molar-refractivity contribution in [1.82, 2.24) is 15.5 Å². The highest BCUT2D eigenvalue weighted by Crippen LogP contribution is 2.17. The van der Waals surface area contributed by atoms with Crippen LogP contribution in [-0.2, 0) is 17.9 Å². The number of hydrogen-bond donors (Lipinski definition) is 2. The molecule has 1 aliphatic heterocycles. The van der Waals surface area contributed by atoms with Gasteiger partial charge in [-0.25, -0.2) is 0 Å². The molecule has 0 aromatic heterocycles. The van der Waals surface area contributed by atoms with Crippen LogP contribution in [0.5, 0.6) is 0 Å². The van der Waals surface area contributed by atoms with Gasteiger partial charge in [-0.2, -0.15) is 0 Å². The van der Waals surface area contributed by atoms with E-state index in [1.807, 2.05) is 24.1 Å². The lowest BCUT2D eigenvalue weighted by Gasteiger charge is -2.18. The number of nitrogens with zero attached hydrogens (tertiary/aromatic N) is 2. The van der Waals surface area contributed by atoms with Crippen LogP contribution in [0.15, 0.2) is 29.3 Å². The second-order valence-corrected chi connectivity index (χ2v) is 4.86. The van der Waals surface area contributed by atoms with Crippen molar-refractivity contribution < 1.29 is 4.79 Å². The molecule has 0 spiro atoms. The summed E-state index contributed by atoms with van der Waals surface area (Å²) < 4.78 is 0. The first kappa shape index (κ1) is 17.7. The summed E-state index contributed by atoms with van der Waals surface area (Å²) in [5.41, 5.74) is 2.39. The summed E-state index contributed by atoms with van der Waals surface area (Å²) in [7, 11) is 3.58. The van der Waals surface area contributed by atoms with E-state index in [9.17, 15) is 4.79 Å². The molecule has 0 bridgehead atoms. The average molecular weight is 402 g/mol. The molecular weight excluding hydrogens is 379 g/mol. The molecule has 1 aliphatic rings. The van der Waals surface area contributed by atoms with E-state index in [0.717, 1.165) is 18.9 Å². The first-order valence-corrected chi connectivity index (χ1v) is 6.97. The van der Waals surface area contributed by atoms with Gasteiger partial charge >= 0.3 is 0 Å². The van der Waals surface area contributed by atoms with Crippen molar-refractivity contribution >= 4 is 35.8 Å². The standard InChI is InChI=1S/C15H22N4O.HI/c1-16-15(17-2)18-10-12-6-3-4-7-13(12)11-19-9-5-8-14(19)20;/h3-4,6-7H,5,8-11H2,1-2H3,(H2,16,17,18);1H. The SMILES string of the molecule is CN=C(NC)NCc1ccccc1CN1CCCC1=O.I. The Morgan fingerprint density at radius 2 is 2.05 bits per heavy atom. The fraction of sp³-hybridized carbons (Fsp3) is 0.467. The molecule has 2 rings (SSSR count). The molecule has 0 radical (unpaired) electrons. The molecule has 116 valence electrons. The first-order chi connectivity index (χ1) is 9.74. The zero-order chi connectivity index (χ0) is 14.4. The van der Waals surface area contributed by atoms with Gasteiger partial charge in [0.15, 0.2) is 5.96 Å². The molecule has 0 unspecified atom stereocenters. The summed E-state index contributed by atoms with van der Waals surface area (Å²) in [5, 5.41) is 6.24. The number of rotatable bonds is 4. The smallest absolute Gasteiger partial charge is 0.222 e. The van der Waals surface area contributed by atoms with Crippen LogP contribution in [0.2, 0.25) is 0 Å². The van der Waals surface area contributed by atoms with Crippen LogP contribution in [0, 0.1) is 0 Å². The van der Waals surface area contributed by atoms with Crippen LogP contribution in [0.25, 0.3) is 0 Å². The minimum absolute atomic E-state index is 0. The minimum atomic E-state index is 0. The van der Waals surface area contributed by atoms with Gasteiger partial charge in [0.05, 0.1) is 0 Å². The van der Waals surface area contributed by atoms with Gasteiger partial charge in [-0.3, -0.25) is 9.79 Å². The van der Waals surface area contributed by atoms with Crippen molar-refractivity contribution in [2.75, 3.05) is 20.6 Å². The zero-order valence-corrected chi connectivity index (χ0v) is 14.9. The molecule has 0 aliphatic carbocycles. The van der Waals surface area contributed by atoms with E-state index in [1.165, 1.54) is 11.1 Å². The molecule has 1 aromatic rings. The number of nitrogens with one attached hydrogen (secondary N) is 2. The monoisotopic (exact) mass is 402 g/mol. The number of amides is 1. The van der Waals surface area contributed by atoms with Crippen molar-refractivity contribution in [3.8, 4) is 0 Å². The lowest BCUT2D eigenvalue weighted by molar-refractivity contribution is -0.128. The number of benzene rings is 1. The fourth-order valence-electron chi connectivity index (χ4n) is 2.42. The van der Waals surface area contributed by atoms with E-state index >= 15 is 0 Å². The minimum Gasteiger partial charge on any atom is -0.359 e. The van der Waals surface area contributed by atoms with E-state index in [2.05, 4.69) is 27.8 Å². The number of likely N-dealkylation sites (tertiary alicyclic amines) is 1. The van der Waals surface area contributed by atoms with Crippen LogP contribution in [-0.4, -0.2) is 37.4 Å². The predicted octanol–water partition coefficient (Wildman–Crippen LogP) is 1.72. The van der Waals surface area contributed by atoms with E-state index in [0.29, 0.717) is 19.5 Å². The maximum absolute atomic E-state index is 11.7. The van der Waals surface area contributed by atoms with Crippen LogP contribution in [0.4, 0.5) is 0 Å². The quantitative estimate of drug-likeness (QED) is 0.458. The normalized spacial score (nSPS) is 14.9. The summed E-state index contributed by atoms with van der Waals surface area (Å²) in [6, 6.07) is 8.22. The maximum atomic E-state index is 11.7. The van der Waals surface area contributed by atoms with E-state index in [4.69, 9.17) is 0 Å². The molecule has 1 saturated heterocycles. The highest BCUT2D eigenvalue weighted by Gasteiger charge is 2.20. The summed E-state index contributed by atoms with van der Waals surface area (Å²) in [6.07, 6.45) is 1.67. The average Bonchev–Trinajstić information content (AvgIpc) is 2.87. The number of aliphatic imine (C=N–C) groups is 1. The highest BCUT2D eigenvalue weighted by molar-refractivity contribution is 14.0. The third-order valence-electron chi connectivity index (χ3n) is 3.56. The lowest BCUT2D eigenvalue weighted by atomic mass is 10.1. The van der Waals surface area contributed by atoms with E-state index in [1.54, 1.807) is 7.05 Å². The zero-order valence-electron chi connectivity index (χ0n) is 12.6. The van der Waals surface area contributed by atoms with E-state index < -0.39 is 0 Å². The molecule has 0 atom stereocenters. The van der Waals surface area contributed by atoms with Crippen LogP contribution < -0.4 is 10.6 Å². The molecule has 1 amide bonds. The lowest BCUT2D eigenvalue weighted by Crippen LogP contribution is -2.34. The second-order valence-electron chi connectivity index (χ2n) is 4.86. The van der Waals surface area contributed by atoms with E-state index in [-0.39, 0.29) is 29.9 Å². The molecule has 21 heavy (non-hydrogen) atoms. The number of guanidine groups is 1. The Morgan fingerprint density at radius 3 is 2.62 bits per heavy atom. The van der Waals surface area contributed by atoms with Gasteiger partial charge in [-0.05, 0) is 17.5 Å². The Bertz CT molecular complexity index is 504. The van der Waals surface area contributed by atoms with Crippen LogP contribution >= 0.6 is 24.0 Å². The Kier molecular flexibility index (Phi) is 7.49. The molecule has 1 heterocycles. The fourth-order valence-corrected chi connectivity index (χ4v) is 2.42. The van der Waals surface area contributed by atoms with Crippen molar-refractivity contribution in [3.05, 3.63) is 35.4 Å². The predicted molar refractivity (Wildman–Crippen MR) is 95.8 cm³/mol. The molecule has 1 aromatic carbocycles. The Balaban J connectivity index is 0.00000220. The number of hydrogen-bond acceptors (Lipinski definition) is 2. The Labute approximate surface area is 143 Å². The van der Waals surface area contributed by atoms with Crippen LogP contribution in [0.1, 0.15) is 24.0 Å². The third-order valence-corrected chi connectivity index (χ3v) is 3.56. The van der Waals surface area contributed by atoms with Crippen molar-refractivity contribution in [3.63, 3.8) is 0 Å². The maximum Gasteiger partial charge on any atom is 0.222 e. The summed E-state index contributed by atoms with van der Waals surface area (Å²) in [6.45, 7) is 2.28. The topological polar surface area (TPSA) is 56.7 Å². The highest BCUT2D eigenvalue weighted by atomic mass is 127. The number of carbonyl (C=O) groups is 1. The van der Waals surface area contributed by atoms with Gasteiger partial charge in [0.25, 0.3) is 0 Å². The number of carbonyl (C=O) groups excluding carboxylic acids is 1. The van der Waals surface area contributed by atoms with Crippen LogP contribution in [0.3, 0.4) is 0 Å². The van der Waals surface area contributed by atoms with Gasteiger partial charge in [0.2, 0.25) is 5.91 Å². The van der Waals surface area contributed by atoms with Crippen molar-refractivity contribution in [2.45, 2.75) is 25.9 Å². The molecule has 6 heteroatoms. The van der Waals surface area contributed by atoms with Gasteiger partial charge in [-0.15, -0.1) is 24.0 Å². The van der Waals surface area contributed by atoms with Gasteiger partial charge in [0.1, 0.15) is 0 Å². The van der Waals surface area contributed by atoms with Gasteiger partial charge in [-0.1, -0.05) is 24.3 Å². The molecule has 5 nitrogen and oxygen atoms in total. The first-order valence-electron chi connectivity index (χ1n) is 6.97. The second kappa shape index (κ2) is 8.86.